The van der Waals surface area contributed by atoms with Crippen LogP contribution in [0, 0.1) is 5.92 Å². The Morgan fingerprint density at radius 3 is 2.46 bits per heavy atom. The minimum absolute atomic E-state index is 0.0108. The predicted octanol–water partition coefficient (Wildman–Crippen LogP) is 6.59. The number of aryl methyl sites for hydroxylation is 1. The average Bonchev–Trinajstić information content (AvgIpc) is 3.98. The van der Waals surface area contributed by atoms with Crippen molar-refractivity contribution in [2.75, 3.05) is 6.54 Å². The number of allylic oxidation sites excluding steroid dienone is 1. The van der Waals surface area contributed by atoms with Crippen molar-refractivity contribution in [3.8, 4) is 17.3 Å². The number of carbonyl (C=O) groups excluding carboxylic acids is 4. The zero-order chi connectivity index (χ0) is 45.9. The molecule has 0 bridgehead atoms. The molecule has 0 unspecified atom stereocenters. The molecule has 19 heteroatoms. The first kappa shape index (κ1) is 44.5. The highest BCUT2D eigenvalue weighted by Gasteiger charge is 2.63. The molecule has 2 aromatic carbocycles. The molecule has 15 nitrogen and oxygen atoms in total. The number of sulfonamides is 1. The fourth-order valence-electron chi connectivity index (χ4n) is 9.49. The topological polar surface area (TPSA) is 191 Å². The zero-order valence-electron chi connectivity index (χ0n) is 36.2. The average molecular weight is 920 g/mol. The number of aromatic nitrogens is 3. The molecule has 4 aromatic rings. The van der Waals surface area contributed by atoms with Crippen LogP contribution in [0.1, 0.15) is 96.0 Å². The molecule has 65 heavy (non-hydrogen) atoms. The summed E-state index contributed by atoms with van der Waals surface area (Å²) in [5, 5.41) is 6.80. The van der Waals surface area contributed by atoms with E-state index in [9.17, 15) is 40.8 Å². The van der Waals surface area contributed by atoms with E-state index >= 15 is 0 Å². The molecule has 3 aliphatic carbocycles. The molecule has 4 fully saturated rings. The van der Waals surface area contributed by atoms with Crippen LogP contribution in [-0.2, 0) is 42.4 Å². The molecule has 4 amide bonds. The molecule has 0 radical (unpaired) electrons. The molecule has 346 valence electrons. The number of ether oxygens (including phenoxy) is 2. The van der Waals surface area contributed by atoms with Gasteiger partial charge in [-0.15, -0.1) is 0 Å². The lowest BCUT2D eigenvalue weighted by atomic mass is 10.0. The number of para-hydroxylation sites is 1. The number of benzene rings is 2. The Morgan fingerprint density at radius 1 is 0.954 bits per heavy atom. The Bertz CT molecular complexity index is 2700. The van der Waals surface area contributed by atoms with Gasteiger partial charge in [0.05, 0.1) is 27.8 Å². The Balaban J connectivity index is 1.08. The van der Waals surface area contributed by atoms with Gasteiger partial charge in [0.15, 0.2) is 5.82 Å². The minimum atomic E-state index is -4.63. The van der Waals surface area contributed by atoms with Crippen molar-refractivity contribution in [2.24, 2.45) is 13.0 Å². The summed E-state index contributed by atoms with van der Waals surface area (Å²) < 4.78 is 83.6. The van der Waals surface area contributed by atoms with Gasteiger partial charge in [0.25, 0.3) is 5.91 Å². The zero-order valence-corrected chi connectivity index (χ0v) is 37.0. The second-order valence-corrected chi connectivity index (χ2v) is 20.6. The first-order valence-corrected chi connectivity index (χ1v) is 23.9. The summed E-state index contributed by atoms with van der Waals surface area (Å²) in [7, 11) is -2.31. The number of hydrogen-bond acceptors (Lipinski definition) is 10. The third-order valence-corrected chi connectivity index (χ3v) is 15.9. The molecule has 3 N–H and O–H groups in total. The molecule has 1 saturated heterocycles. The summed E-state index contributed by atoms with van der Waals surface area (Å²) >= 11 is 0. The lowest BCUT2D eigenvalue weighted by Crippen LogP contribution is -2.58. The van der Waals surface area contributed by atoms with Gasteiger partial charge in [0.1, 0.15) is 35.5 Å². The van der Waals surface area contributed by atoms with Crippen molar-refractivity contribution in [2.45, 2.75) is 131 Å². The fraction of sp³-hybridized carbons (Fsp3) is 0.522. The van der Waals surface area contributed by atoms with Crippen LogP contribution in [-0.4, -0.2) is 92.8 Å². The van der Waals surface area contributed by atoms with E-state index in [1.165, 1.54) is 17.0 Å². The van der Waals surface area contributed by atoms with Gasteiger partial charge in [0, 0.05) is 30.3 Å². The van der Waals surface area contributed by atoms with Crippen LogP contribution < -0.4 is 20.1 Å². The van der Waals surface area contributed by atoms with Gasteiger partial charge in [-0.05, 0) is 89.3 Å². The number of nitrogens with zero attached hydrogens (tertiary/aromatic N) is 4. The first-order valence-electron chi connectivity index (χ1n) is 22.4. The lowest BCUT2D eigenvalue weighted by molar-refractivity contribution is -0.141. The molecule has 2 aliphatic heterocycles. The molecular weight excluding hydrogens is 868 g/mol. The highest BCUT2D eigenvalue weighted by atomic mass is 32.2. The molecular formula is C46H52F3N7O8S. The summed E-state index contributed by atoms with van der Waals surface area (Å²) in [6.07, 6.45) is 4.08. The van der Waals surface area contributed by atoms with E-state index in [1.807, 2.05) is 36.4 Å². The van der Waals surface area contributed by atoms with Gasteiger partial charge in [-0.2, -0.15) is 18.2 Å². The SMILES string of the molecule is Cn1c2ccccc2c2c(O[C@@H]3C[C@H]4C(=O)N[C@]5(C(=O)NS(=O)(=O)C6(C)CC6)C[C@H]5/C=C\CCCCC[C@H](NC(=O)OC5CCCC5)C(=O)N4C3)nc(-c3cccc(C(F)(F)F)c3)nc21. The molecule has 5 aliphatic rings. The van der Waals surface area contributed by atoms with E-state index in [2.05, 4.69) is 15.4 Å². The molecule has 3 saturated carbocycles. The number of alkyl carbamates (subject to hydrolysis) is 1. The van der Waals surface area contributed by atoms with Gasteiger partial charge in [-0.3, -0.25) is 19.1 Å². The highest BCUT2D eigenvalue weighted by molar-refractivity contribution is 7.91. The van der Waals surface area contributed by atoms with Gasteiger partial charge in [-0.25, -0.2) is 18.2 Å². The van der Waals surface area contributed by atoms with E-state index in [0.717, 1.165) is 36.9 Å². The Labute approximate surface area is 373 Å². The van der Waals surface area contributed by atoms with E-state index in [4.69, 9.17) is 19.4 Å². The maximum Gasteiger partial charge on any atom is 0.416 e. The molecule has 4 heterocycles. The van der Waals surface area contributed by atoms with Gasteiger partial charge in [-0.1, -0.05) is 55.3 Å². The third-order valence-electron chi connectivity index (χ3n) is 13.8. The maximum absolute atomic E-state index is 14.9. The number of carbonyl (C=O) groups is 4. The van der Waals surface area contributed by atoms with Crippen LogP contribution in [0.4, 0.5) is 18.0 Å². The number of fused-ring (bicyclic) bond motifs is 5. The van der Waals surface area contributed by atoms with Crippen LogP contribution in [0.5, 0.6) is 5.88 Å². The van der Waals surface area contributed by atoms with E-state index in [-0.39, 0.29) is 49.2 Å². The number of amides is 4. The Morgan fingerprint density at radius 2 is 1.71 bits per heavy atom. The van der Waals surface area contributed by atoms with E-state index < -0.39 is 80.0 Å². The molecule has 0 spiro atoms. The van der Waals surface area contributed by atoms with Crippen LogP contribution in [0.25, 0.3) is 33.3 Å². The number of halogens is 3. The van der Waals surface area contributed by atoms with E-state index in [0.29, 0.717) is 61.4 Å². The summed E-state index contributed by atoms with van der Waals surface area (Å²) in [4.78, 5) is 67.7. The van der Waals surface area contributed by atoms with Gasteiger partial charge in [0.2, 0.25) is 27.7 Å². The standard InChI is InChI=1S/C46H52F3N7O8S/c1-44(21-22-44)65(61,62)54-42(59)45-25-29(45)14-6-4-3-5-7-19-33(50-43(60)64-30-16-8-9-17-30)41(58)56-26-31(24-35(56)39(57)53-45)63-40-36-32-18-10-11-20-34(32)55(2)38(36)51-37(52-40)27-13-12-15-28(23-27)46(47,48)49/h6,10-15,18,20,23,29-31,33,35H,3-5,7-9,16-17,19,21-22,24-26H2,1-2H3,(H,50,60)(H,53,57)(H,54,59)/b14-6-/t29-,31-,33+,35+,45-/m1/s1. The van der Waals surface area contributed by atoms with Gasteiger partial charge >= 0.3 is 12.3 Å². The van der Waals surface area contributed by atoms with Crippen LogP contribution in [0.2, 0.25) is 0 Å². The third kappa shape index (κ3) is 8.75. The largest absolute Gasteiger partial charge is 0.472 e. The van der Waals surface area contributed by atoms with Gasteiger partial charge < -0.3 is 29.6 Å². The monoisotopic (exact) mass is 919 g/mol. The van der Waals surface area contributed by atoms with Crippen molar-refractivity contribution in [1.82, 2.24) is 34.8 Å². The van der Waals surface area contributed by atoms with E-state index in [1.54, 1.807) is 18.5 Å². The van der Waals surface area contributed by atoms with Crippen LogP contribution in [0.3, 0.4) is 0 Å². The first-order chi connectivity index (χ1) is 31.0. The predicted molar refractivity (Wildman–Crippen MR) is 233 cm³/mol. The number of rotatable bonds is 8. The van der Waals surface area contributed by atoms with Crippen molar-refractivity contribution >= 4 is 55.8 Å². The summed E-state index contributed by atoms with van der Waals surface area (Å²) in [5.74, 6) is -2.73. The van der Waals surface area contributed by atoms with Crippen molar-refractivity contribution in [3.63, 3.8) is 0 Å². The Kier molecular flexibility index (Phi) is 11.6. The van der Waals surface area contributed by atoms with Crippen molar-refractivity contribution < 1.29 is 50.2 Å². The second-order valence-electron chi connectivity index (χ2n) is 18.4. The smallest absolute Gasteiger partial charge is 0.416 e. The normalized spacial score (nSPS) is 26.6. The Hall–Kier alpha value is -5.72. The maximum atomic E-state index is 14.9. The molecule has 9 rings (SSSR count). The molecule has 5 atom stereocenters. The minimum Gasteiger partial charge on any atom is -0.472 e. The second kappa shape index (κ2) is 16.9. The number of alkyl halides is 3. The summed E-state index contributed by atoms with van der Waals surface area (Å²) in [5.41, 5.74) is -1.32. The lowest BCUT2D eigenvalue weighted by Gasteiger charge is -2.30. The summed E-state index contributed by atoms with van der Waals surface area (Å²) in [6, 6.07) is 9.61. The van der Waals surface area contributed by atoms with Crippen molar-refractivity contribution in [3.05, 3.63) is 66.2 Å². The van der Waals surface area contributed by atoms with Crippen molar-refractivity contribution in [1.29, 1.82) is 0 Å². The molecule has 2 aromatic heterocycles. The summed E-state index contributed by atoms with van der Waals surface area (Å²) in [6.45, 7) is 1.37. The fourth-order valence-corrected chi connectivity index (χ4v) is 10.8. The van der Waals surface area contributed by atoms with Crippen LogP contribution in [0.15, 0.2) is 60.7 Å². The number of hydrogen-bond donors (Lipinski definition) is 3. The van der Waals surface area contributed by atoms with Crippen LogP contribution >= 0.6 is 0 Å². The highest BCUT2D eigenvalue weighted by Crippen LogP contribution is 2.48. The number of nitrogens with one attached hydrogen (secondary N) is 3. The quantitative estimate of drug-likeness (QED) is 0.163.